The number of rotatable bonds is 3. The minimum atomic E-state index is -1.02. The number of nitrogens with one attached hydrogen (secondary N) is 1. The SMILES string of the molecule is COCC(=O)N1Cc2[nH]cnc2CC1C(=O)O. The average molecular weight is 239 g/mol. The lowest BCUT2D eigenvalue weighted by atomic mass is 10.0. The molecule has 2 rings (SSSR count). The van der Waals surface area contributed by atoms with E-state index in [0.717, 1.165) is 5.69 Å². The Labute approximate surface area is 97.4 Å². The zero-order valence-electron chi connectivity index (χ0n) is 9.34. The summed E-state index contributed by atoms with van der Waals surface area (Å²) in [6, 6.07) is -0.867. The van der Waals surface area contributed by atoms with Gasteiger partial charge in [0.05, 0.1) is 24.3 Å². The highest BCUT2D eigenvalue weighted by Gasteiger charge is 2.35. The van der Waals surface area contributed by atoms with Gasteiger partial charge in [-0.1, -0.05) is 0 Å². The molecule has 17 heavy (non-hydrogen) atoms. The van der Waals surface area contributed by atoms with E-state index in [1.807, 2.05) is 0 Å². The van der Waals surface area contributed by atoms with E-state index in [1.165, 1.54) is 18.3 Å². The first-order chi connectivity index (χ1) is 8.13. The summed E-state index contributed by atoms with van der Waals surface area (Å²) < 4.78 is 4.74. The molecular formula is C10H13N3O4. The van der Waals surface area contributed by atoms with Crippen molar-refractivity contribution < 1.29 is 19.4 Å². The Morgan fingerprint density at radius 2 is 2.47 bits per heavy atom. The summed E-state index contributed by atoms with van der Waals surface area (Å²) in [5, 5.41) is 9.12. The molecule has 7 nitrogen and oxygen atoms in total. The van der Waals surface area contributed by atoms with Crippen LogP contribution in [0.25, 0.3) is 0 Å². The zero-order chi connectivity index (χ0) is 12.4. The number of carboxylic acids is 1. The molecule has 0 bridgehead atoms. The molecule has 7 heteroatoms. The van der Waals surface area contributed by atoms with Gasteiger partial charge in [-0.3, -0.25) is 4.79 Å². The molecule has 0 saturated carbocycles. The van der Waals surface area contributed by atoms with E-state index >= 15 is 0 Å². The molecule has 2 heterocycles. The van der Waals surface area contributed by atoms with Crippen LogP contribution in [0.15, 0.2) is 6.33 Å². The quantitative estimate of drug-likeness (QED) is 0.734. The number of aliphatic carboxylic acids is 1. The van der Waals surface area contributed by atoms with Crippen LogP contribution in [0.2, 0.25) is 0 Å². The number of carbonyl (C=O) groups excluding carboxylic acids is 1. The molecule has 92 valence electrons. The summed E-state index contributed by atoms with van der Waals surface area (Å²) >= 11 is 0. The maximum Gasteiger partial charge on any atom is 0.326 e. The van der Waals surface area contributed by atoms with Gasteiger partial charge < -0.3 is 19.7 Å². The van der Waals surface area contributed by atoms with E-state index in [2.05, 4.69) is 9.97 Å². The van der Waals surface area contributed by atoms with Crippen LogP contribution < -0.4 is 0 Å². The molecule has 1 aromatic rings. The number of carbonyl (C=O) groups is 2. The zero-order valence-corrected chi connectivity index (χ0v) is 9.34. The van der Waals surface area contributed by atoms with Crippen LogP contribution >= 0.6 is 0 Å². The van der Waals surface area contributed by atoms with E-state index in [1.54, 1.807) is 0 Å². The number of aromatic amines is 1. The van der Waals surface area contributed by atoms with Gasteiger partial charge in [0.1, 0.15) is 12.6 Å². The standard InChI is InChI=1S/C10H13N3O4/c1-17-4-9(14)13-3-7-6(11-5-12-7)2-8(13)10(15)16/h5,8H,2-4H2,1H3,(H,11,12)(H,15,16). The fourth-order valence-corrected chi connectivity index (χ4v) is 1.93. The maximum absolute atomic E-state index is 11.7. The van der Waals surface area contributed by atoms with Crippen LogP contribution in [0.5, 0.6) is 0 Å². The van der Waals surface area contributed by atoms with Crippen molar-refractivity contribution in [2.75, 3.05) is 13.7 Å². The summed E-state index contributed by atoms with van der Waals surface area (Å²) in [6.07, 6.45) is 1.73. The third kappa shape index (κ3) is 2.14. The third-order valence-electron chi connectivity index (χ3n) is 2.77. The van der Waals surface area contributed by atoms with Gasteiger partial charge in [-0.2, -0.15) is 0 Å². The smallest absolute Gasteiger partial charge is 0.326 e. The van der Waals surface area contributed by atoms with Crippen molar-refractivity contribution in [1.29, 1.82) is 0 Å². The van der Waals surface area contributed by atoms with Crippen LogP contribution in [-0.2, 0) is 27.3 Å². The Morgan fingerprint density at radius 1 is 1.71 bits per heavy atom. The van der Waals surface area contributed by atoms with Gasteiger partial charge in [-0.05, 0) is 0 Å². The summed E-state index contributed by atoms with van der Waals surface area (Å²) in [4.78, 5) is 31.1. The van der Waals surface area contributed by atoms with Crippen LogP contribution in [0, 0.1) is 0 Å². The van der Waals surface area contributed by atoms with Crippen LogP contribution in [0.1, 0.15) is 11.4 Å². The molecule has 0 saturated heterocycles. The van der Waals surface area contributed by atoms with Crippen molar-refractivity contribution >= 4 is 11.9 Å². The van der Waals surface area contributed by atoms with E-state index in [9.17, 15) is 9.59 Å². The van der Waals surface area contributed by atoms with Crippen molar-refractivity contribution in [2.24, 2.45) is 0 Å². The highest BCUT2D eigenvalue weighted by Crippen LogP contribution is 2.20. The number of carboxylic acid groups (broad SMARTS) is 1. The summed E-state index contributed by atoms with van der Waals surface area (Å²) in [5.74, 6) is -1.36. The highest BCUT2D eigenvalue weighted by atomic mass is 16.5. The molecule has 0 spiro atoms. The van der Waals surface area contributed by atoms with Crippen molar-refractivity contribution in [3.8, 4) is 0 Å². The number of hydrogen-bond donors (Lipinski definition) is 2. The molecule has 1 unspecified atom stereocenters. The Morgan fingerprint density at radius 3 is 3.12 bits per heavy atom. The molecule has 1 aliphatic rings. The summed E-state index contributed by atoms with van der Waals surface area (Å²) in [7, 11) is 1.40. The predicted octanol–water partition coefficient (Wildman–Crippen LogP) is -0.606. The molecule has 0 aromatic carbocycles. The van der Waals surface area contributed by atoms with E-state index in [0.29, 0.717) is 5.69 Å². The minimum Gasteiger partial charge on any atom is -0.480 e. The Hall–Kier alpha value is -1.89. The van der Waals surface area contributed by atoms with Gasteiger partial charge in [0.25, 0.3) is 0 Å². The molecule has 1 aliphatic heterocycles. The van der Waals surface area contributed by atoms with E-state index in [4.69, 9.17) is 9.84 Å². The van der Waals surface area contributed by atoms with Crippen LogP contribution in [-0.4, -0.2) is 51.6 Å². The molecular weight excluding hydrogens is 226 g/mol. The fourth-order valence-electron chi connectivity index (χ4n) is 1.93. The number of fused-ring (bicyclic) bond motifs is 1. The fraction of sp³-hybridized carbons (Fsp3) is 0.500. The first-order valence-electron chi connectivity index (χ1n) is 5.15. The van der Waals surface area contributed by atoms with Gasteiger partial charge in [0.15, 0.2) is 0 Å². The lowest BCUT2D eigenvalue weighted by Gasteiger charge is -2.32. The largest absolute Gasteiger partial charge is 0.480 e. The van der Waals surface area contributed by atoms with Gasteiger partial charge in [-0.15, -0.1) is 0 Å². The maximum atomic E-state index is 11.7. The number of hydrogen-bond acceptors (Lipinski definition) is 4. The van der Waals surface area contributed by atoms with Crippen molar-refractivity contribution in [3.63, 3.8) is 0 Å². The third-order valence-corrected chi connectivity index (χ3v) is 2.77. The first kappa shape index (κ1) is 11.6. The van der Waals surface area contributed by atoms with Crippen molar-refractivity contribution in [3.05, 3.63) is 17.7 Å². The molecule has 0 radical (unpaired) electrons. The van der Waals surface area contributed by atoms with E-state index in [-0.39, 0.29) is 25.5 Å². The minimum absolute atomic E-state index is 0.118. The summed E-state index contributed by atoms with van der Waals surface area (Å²) in [6.45, 7) is 0.113. The van der Waals surface area contributed by atoms with Crippen molar-refractivity contribution in [2.45, 2.75) is 19.0 Å². The normalized spacial score (nSPS) is 18.9. The first-order valence-corrected chi connectivity index (χ1v) is 5.15. The number of amides is 1. The number of aromatic nitrogens is 2. The lowest BCUT2D eigenvalue weighted by molar-refractivity contribution is -0.153. The van der Waals surface area contributed by atoms with E-state index < -0.39 is 12.0 Å². The lowest BCUT2D eigenvalue weighted by Crippen LogP contribution is -2.49. The van der Waals surface area contributed by atoms with Gasteiger partial charge in [0, 0.05) is 13.5 Å². The number of methoxy groups -OCH3 is 1. The topological polar surface area (TPSA) is 95.5 Å². The van der Waals surface area contributed by atoms with Crippen LogP contribution in [0.4, 0.5) is 0 Å². The summed E-state index contributed by atoms with van der Waals surface area (Å²) in [5.41, 5.74) is 1.49. The molecule has 2 N–H and O–H groups in total. The average Bonchev–Trinajstić information content (AvgIpc) is 2.74. The molecule has 1 aromatic heterocycles. The Balaban J connectivity index is 2.24. The van der Waals surface area contributed by atoms with Gasteiger partial charge in [0.2, 0.25) is 5.91 Å². The molecule has 0 aliphatic carbocycles. The highest BCUT2D eigenvalue weighted by molar-refractivity contribution is 5.85. The number of H-pyrrole nitrogens is 1. The molecule has 1 amide bonds. The van der Waals surface area contributed by atoms with Crippen molar-refractivity contribution in [1.82, 2.24) is 14.9 Å². The number of nitrogens with zero attached hydrogens (tertiary/aromatic N) is 2. The Bertz CT molecular complexity index is 443. The molecule has 0 fully saturated rings. The molecule has 1 atom stereocenters. The monoisotopic (exact) mass is 239 g/mol. The Kier molecular flexibility index (Phi) is 3.10. The van der Waals surface area contributed by atoms with Crippen LogP contribution in [0.3, 0.4) is 0 Å². The predicted molar refractivity (Wildman–Crippen MR) is 56.1 cm³/mol. The van der Waals surface area contributed by atoms with Gasteiger partial charge >= 0.3 is 5.97 Å². The number of ether oxygens (including phenoxy) is 1. The second kappa shape index (κ2) is 4.54. The second-order valence-electron chi connectivity index (χ2n) is 3.84. The van der Waals surface area contributed by atoms with Gasteiger partial charge in [-0.25, -0.2) is 9.78 Å². The second-order valence-corrected chi connectivity index (χ2v) is 3.84. The number of imidazole rings is 1.